The maximum Gasteiger partial charge on any atom is 0.433 e. The summed E-state index contributed by atoms with van der Waals surface area (Å²) in [6.45, 7) is 1.18. The number of halogens is 3. The lowest BCUT2D eigenvalue weighted by Gasteiger charge is -2.15. The van der Waals surface area contributed by atoms with E-state index in [2.05, 4.69) is 25.1 Å². The van der Waals surface area contributed by atoms with Gasteiger partial charge in [-0.3, -0.25) is 0 Å². The number of nitrogens with zero attached hydrogens (tertiary/aromatic N) is 5. The van der Waals surface area contributed by atoms with E-state index in [-0.39, 0.29) is 11.4 Å². The Balaban J connectivity index is 1.70. The van der Waals surface area contributed by atoms with Crippen molar-refractivity contribution in [3.05, 3.63) is 35.0 Å². The Labute approximate surface area is 136 Å². The molecule has 0 spiro atoms. The number of aromatic nitrogens is 4. The number of nitrogens with one attached hydrogen (secondary N) is 1. The van der Waals surface area contributed by atoms with Gasteiger partial charge in [0.15, 0.2) is 0 Å². The number of alkyl halides is 3. The number of nitriles is 1. The lowest BCUT2D eigenvalue weighted by molar-refractivity contribution is -0.141. The molecule has 24 heavy (non-hydrogen) atoms. The van der Waals surface area contributed by atoms with Gasteiger partial charge >= 0.3 is 6.18 Å². The highest BCUT2D eigenvalue weighted by Crippen LogP contribution is 2.29. The number of rotatable bonds is 4. The molecule has 3 rings (SSSR count). The zero-order valence-electron chi connectivity index (χ0n) is 12.8. The summed E-state index contributed by atoms with van der Waals surface area (Å²) in [6.07, 6.45) is -0.990. The fraction of sp³-hybridized carbons (Fsp3) is 0.467. The fourth-order valence-electron chi connectivity index (χ4n) is 2.69. The molecule has 0 bridgehead atoms. The van der Waals surface area contributed by atoms with Crippen molar-refractivity contribution in [1.82, 2.24) is 19.7 Å². The third-order valence-corrected chi connectivity index (χ3v) is 3.88. The third-order valence-electron chi connectivity index (χ3n) is 3.88. The summed E-state index contributed by atoms with van der Waals surface area (Å²) in [5.41, 5.74) is -0.949. The van der Waals surface area contributed by atoms with Crippen LogP contribution in [0.5, 0.6) is 0 Å². The molecule has 0 saturated heterocycles. The minimum absolute atomic E-state index is 0.0642. The minimum Gasteiger partial charge on any atom is -0.369 e. The monoisotopic (exact) mass is 336 g/mol. The molecule has 1 aliphatic heterocycles. The summed E-state index contributed by atoms with van der Waals surface area (Å²) in [7, 11) is 0. The number of pyridine rings is 1. The van der Waals surface area contributed by atoms with Crippen molar-refractivity contribution in [3.63, 3.8) is 0 Å². The van der Waals surface area contributed by atoms with Gasteiger partial charge in [0, 0.05) is 25.9 Å². The maximum absolute atomic E-state index is 12.7. The first kappa shape index (κ1) is 16.2. The molecular formula is C15H15F3N6. The van der Waals surface area contributed by atoms with Crippen LogP contribution in [-0.4, -0.2) is 26.3 Å². The first-order valence-corrected chi connectivity index (χ1v) is 7.62. The minimum atomic E-state index is -4.55. The van der Waals surface area contributed by atoms with Crippen LogP contribution in [0.4, 0.5) is 19.0 Å². The highest BCUT2D eigenvalue weighted by molar-refractivity contribution is 5.52. The van der Waals surface area contributed by atoms with E-state index in [9.17, 15) is 13.2 Å². The molecule has 0 aromatic carbocycles. The van der Waals surface area contributed by atoms with E-state index in [1.54, 1.807) is 0 Å². The average molecular weight is 336 g/mol. The van der Waals surface area contributed by atoms with Crippen LogP contribution in [0.3, 0.4) is 0 Å². The zero-order chi connectivity index (χ0) is 17.2. The van der Waals surface area contributed by atoms with Crippen LogP contribution in [0.1, 0.15) is 35.7 Å². The van der Waals surface area contributed by atoms with Gasteiger partial charge in [0.05, 0.1) is 5.56 Å². The molecule has 2 aromatic heterocycles. The molecule has 0 aliphatic carbocycles. The second-order valence-electron chi connectivity index (χ2n) is 5.52. The van der Waals surface area contributed by atoms with Crippen LogP contribution in [0.2, 0.25) is 0 Å². The second-order valence-corrected chi connectivity index (χ2v) is 5.52. The van der Waals surface area contributed by atoms with Crippen LogP contribution in [0, 0.1) is 11.3 Å². The summed E-state index contributed by atoms with van der Waals surface area (Å²) in [5.74, 6) is 1.68. The molecule has 0 radical (unpaired) electrons. The number of hydrogen-bond donors (Lipinski definition) is 1. The van der Waals surface area contributed by atoms with Gasteiger partial charge in [-0.2, -0.15) is 18.4 Å². The maximum atomic E-state index is 12.7. The van der Waals surface area contributed by atoms with Gasteiger partial charge in [-0.25, -0.2) is 4.98 Å². The second kappa shape index (κ2) is 6.47. The first-order chi connectivity index (χ1) is 11.5. The quantitative estimate of drug-likeness (QED) is 0.928. The Hall–Kier alpha value is -2.63. The van der Waals surface area contributed by atoms with Gasteiger partial charge < -0.3 is 9.88 Å². The zero-order valence-corrected chi connectivity index (χ0v) is 12.8. The van der Waals surface area contributed by atoms with E-state index in [1.165, 1.54) is 0 Å². The predicted octanol–water partition coefficient (Wildman–Crippen LogP) is 2.55. The van der Waals surface area contributed by atoms with Crippen LogP contribution >= 0.6 is 0 Å². The van der Waals surface area contributed by atoms with Crippen LogP contribution in [-0.2, 0) is 25.6 Å². The Bertz CT molecular complexity index is 774. The van der Waals surface area contributed by atoms with Gasteiger partial charge in [0.1, 0.15) is 29.2 Å². The van der Waals surface area contributed by atoms with Crippen molar-refractivity contribution < 1.29 is 13.2 Å². The normalized spacial score (nSPS) is 14.1. The SMILES string of the molecule is N#Cc1ccc(C(F)(F)F)nc1NCCc1nnc2n1CCCC2. The fourth-order valence-corrected chi connectivity index (χ4v) is 2.69. The molecule has 0 atom stereocenters. The first-order valence-electron chi connectivity index (χ1n) is 7.62. The van der Waals surface area contributed by atoms with E-state index in [1.807, 2.05) is 6.07 Å². The van der Waals surface area contributed by atoms with Gasteiger partial charge in [-0.15, -0.1) is 10.2 Å². The van der Waals surface area contributed by atoms with Gasteiger partial charge in [-0.05, 0) is 25.0 Å². The van der Waals surface area contributed by atoms with Crippen LogP contribution in [0.25, 0.3) is 0 Å². The van der Waals surface area contributed by atoms with Gasteiger partial charge in [0.25, 0.3) is 0 Å². The molecule has 1 N–H and O–H groups in total. The molecular weight excluding hydrogens is 321 g/mol. The van der Waals surface area contributed by atoms with E-state index in [0.717, 1.165) is 49.6 Å². The summed E-state index contributed by atoms with van der Waals surface area (Å²) >= 11 is 0. The van der Waals surface area contributed by atoms with E-state index < -0.39 is 11.9 Å². The molecule has 3 heterocycles. The standard InChI is InChI=1S/C15H15F3N6/c16-15(17,18)11-5-4-10(9-19)14(21-11)20-7-6-13-23-22-12-3-1-2-8-24(12)13/h4-5H,1-3,6-8H2,(H,20,21). The summed E-state index contributed by atoms with van der Waals surface area (Å²) in [5, 5.41) is 20.1. The summed E-state index contributed by atoms with van der Waals surface area (Å²) in [4.78, 5) is 3.52. The van der Waals surface area contributed by atoms with Crippen molar-refractivity contribution >= 4 is 5.82 Å². The van der Waals surface area contributed by atoms with Crippen molar-refractivity contribution in [2.45, 2.75) is 38.4 Å². The molecule has 126 valence electrons. The molecule has 2 aromatic rings. The van der Waals surface area contributed by atoms with E-state index in [0.29, 0.717) is 13.0 Å². The highest BCUT2D eigenvalue weighted by atomic mass is 19.4. The highest BCUT2D eigenvalue weighted by Gasteiger charge is 2.33. The Morgan fingerprint density at radius 2 is 2.08 bits per heavy atom. The van der Waals surface area contributed by atoms with Crippen molar-refractivity contribution in [2.24, 2.45) is 0 Å². The van der Waals surface area contributed by atoms with Crippen molar-refractivity contribution in [3.8, 4) is 6.07 Å². The van der Waals surface area contributed by atoms with Crippen molar-refractivity contribution in [2.75, 3.05) is 11.9 Å². The molecule has 9 heteroatoms. The molecule has 0 fully saturated rings. The van der Waals surface area contributed by atoms with Crippen LogP contribution < -0.4 is 5.32 Å². The average Bonchev–Trinajstić information content (AvgIpc) is 2.97. The van der Waals surface area contributed by atoms with Gasteiger partial charge in [-0.1, -0.05) is 0 Å². The topological polar surface area (TPSA) is 79.4 Å². The van der Waals surface area contributed by atoms with Gasteiger partial charge in [0.2, 0.25) is 0 Å². The Morgan fingerprint density at radius 1 is 1.25 bits per heavy atom. The lowest BCUT2D eigenvalue weighted by atomic mass is 10.1. The molecule has 0 unspecified atom stereocenters. The third kappa shape index (κ3) is 3.32. The van der Waals surface area contributed by atoms with E-state index >= 15 is 0 Å². The molecule has 1 aliphatic rings. The smallest absolute Gasteiger partial charge is 0.369 e. The number of aryl methyl sites for hydroxylation is 1. The van der Waals surface area contributed by atoms with Crippen molar-refractivity contribution in [1.29, 1.82) is 5.26 Å². The Morgan fingerprint density at radius 3 is 2.83 bits per heavy atom. The molecule has 0 saturated carbocycles. The van der Waals surface area contributed by atoms with E-state index in [4.69, 9.17) is 5.26 Å². The largest absolute Gasteiger partial charge is 0.433 e. The number of fused-ring (bicyclic) bond motifs is 1. The Kier molecular flexibility index (Phi) is 4.38. The lowest BCUT2D eigenvalue weighted by Crippen LogP contribution is -2.17. The molecule has 6 nitrogen and oxygen atoms in total. The summed E-state index contributed by atoms with van der Waals surface area (Å²) in [6, 6.07) is 3.77. The number of hydrogen-bond acceptors (Lipinski definition) is 5. The summed E-state index contributed by atoms with van der Waals surface area (Å²) < 4.78 is 40.3. The molecule has 0 amide bonds. The van der Waals surface area contributed by atoms with Crippen LogP contribution in [0.15, 0.2) is 12.1 Å². The number of anilines is 1. The predicted molar refractivity (Wildman–Crippen MR) is 79.1 cm³/mol.